The summed E-state index contributed by atoms with van der Waals surface area (Å²) in [6.45, 7) is 1.45. The summed E-state index contributed by atoms with van der Waals surface area (Å²) in [6.07, 6.45) is 2.49. The molecule has 0 amide bonds. The van der Waals surface area contributed by atoms with Crippen LogP contribution in [0, 0.1) is 17.8 Å². The van der Waals surface area contributed by atoms with Crippen LogP contribution in [-0.4, -0.2) is 16.9 Å². The zero-order chi connectivity index (χ0) is 9.59. The summed E-state index contributed by atoms with van der Waals surface area (Å²) in [5.41, 5.74) is 3.86. The van der Waals surface area contributed by atoms with Crippen molar-refractivity contribution in [3.8, 4) is 0 Å². The zero-order valence-corrected chi connectivity index (χ0v) is 7.28. The molecule has 0 spiro atoms. The first kappa shape index (κ1) is 8.27. The fourth-order valence-electron chi connectivity index (χ4n) is 2.32. The van der Waals surface area contributed by atoms with Gasteiger partial charge in [-0.25, -0.2) is 0 Å². The molecule has 3 nitrogen and oxygen atoms in total. The molecule has 0 aromatic carbocycles. The van der Waals surface area contributed by atoms with Gasteiger partial charge in [0.15, 0.2) is 0 Å². The average molecular weight is 178 g/mol. The summed E-state index contributed by atoms with van der Waals surface area (Å²) in [4.78, 5) is 22.1. The van der Waals surface area contributed by atoms with E-state index in [0.717, 1.165) is 5.57 Å². The molecule has 0 aliphatic heterocycles. The summed E-state index contributed by atoms with van der Waals surface area (Å²) in [6, 6.07) is 0. The second kappa shape index (κ2) is 2.57. The van der Waals surface area contributed by atoms with Gasteiger partial charge in [0, 0.05) is 5.92 Å². The lowest BCUT2D eigenvalue weighted by molar-refractivity contribution is -0.146. The van der Waals surface area contributed by atoms with Crippen molar-refractivity contribution < 1.29 is 14.7 Å². The third kappa shape index (κ3) is 1.04. The monoisotopic (exact) mass is 178 g/mol. The van der Waals surface area contributed by atoms with E-state index in [2.05, 4.69) is 5.73 Å². The predicted octanol–water partition coefficient (Wildman–Crippen LogP) is 1.01. The van der Waals surface area contributed by atoms with Crippen molar-refractivity contribution in [2.45, 2.75) is 13.3 Å². The quantitative estimate of drug-likeness (QED) is 0.642. The summed E-state index contributed by atoms with van der Waals surface area (Å²) >= 11 is 0. The first-order valence-corrected chi connectivity index (χ1v) is 4.30. The Morgan fingerprint density at radius 1 is 1.62 bits per heavy atom. The molecule has 3 atom stereocenters. The van der Waals surface area contributed by atoms with E-state index >= 15 is 0 Å². The Balaban J connectivity index is 2.37. The maximum absolute atomic E-state index is 11.2. The number of hydrogen-bond donors (Lipinski definition) is 1. The highest BCUT2D eigenvalue weighted by Crippen LogP contribution is 2.45. The molecule has 1 saturated carbocycles. The average Bonchev–Trinajstić information content (AvgIpc) is 2.60. The summed E-state index contributed by atoms with van der Waals surface area (Å²) in [7, 11) is 0. The normalized spacial score (nSPS) is 34.8. The summed E-state index contributed by atoms with van der Waals surface area (Å²) < 4.78 is 0. The van der Waals surface area contributed by atoms with Crippen LogP contribution >= 0.6 is 0 Å². The van der Waals surface area contributed by atoms with Gasteiger partial charge in [-0.1, -0.05) is 0 Å². The molecule has 0 aromatic heterocycles. The van der Waals surface area contributed by atoms with Crippen LogP contribution in [0.3, 0.4) is 0 Å². The lowest BCUT2D eigenvalue weighted by Crippen LogP contribution is -2.29. The SMILES string of the molecule is CC(=O)C1C2=C=CC(C2)C1C(=O)O. The molecule has 0 heterocycles. The van der Waals surface area contributed by atoms with Crippen LogP contribution in [0.2, 0.25) is 0 Å². The Labute approximate surface area is 75.8 Å². The number of carboxylic acid groups (broad SMARTS) is 1. The largest absolute Gasteiger partial charge is 0.481 e. The second-order valence-electron chi connectivity index (χ2n) is 3.66. The third-order valence-electron chi connectivity index (χ3n) is 2.86. The maximum atomic E-state index is 11.2. The molecule has 1 N–H and O–H groups in total. The number of ketones is 1. The van der Waals surface area contributed by atoms with Crippen molar-refractivity contribution in [1.29, 1.82) is 0 Å². The Bertz CT molecular complexity index is 347. The zero-order valence-electron chi connectivity index (χ0n) is 7.28. The molecule has 0 saturated heterocycles. The number of carbonyl (C=O) groups is 2. The molecule has 68 valence electrons. The van der Waals surface area contributed by atoms with Gasteiger partial charge in [0.25, 0.3) is 0 Å². The summed E-state index contributed by atoms with van der Waals surface area (Å²) in [5.74, 6) is -1.86. The van der Waals surface area contributed by atoms with Gasteiger partial charge < -0.3 is 5.11 Å². The van der Waals surface area contributed by atoms with Gasteiger partial charge in [0.05, 0.1) is 11.8 Å². The van der Waals surface area contributed by atoms with E-state index in [4.69, 9.17) is 5.11 Å². The van der Waals surface area contributed by atoms with Gasteiger partial charge in [-0.15, -0.1) is 5.73 Å². The van der Waals surface area contributed by atoms with Crippen molar-refractivity contribution in [2.75, 3.05) is 0 Å². The molecule has 2 aliphatic rings. The third-order valence-corrected chi connectivity index (χ3v) is 2.86. The van der Waals surface area contributed by atoms with Gasteiger partial charge in [-0.3, -0.25) is 9.59 Å². The molecular weight excluding hydrogens is 168 g/mol. The van der Waals surface area contributed by atoms with Gasteiger partial charge in [-0.05, 0) is 25.0 Å². The minimum absolute atomic E-state index is 0.00130. The van der Waals surface area contributed by atoms with Gasteiger partial charge >= 0.3 is 5.97 Å². The van der Waals surface area contributed by atoms with E-state index in [1.165, 1.54) is 6.92 Å². The lowest BCUT2D eigenvalue weighted by Gasteiger charge is -2.17. The van der Waals surface area contributed by atoms with Gasteiger partial charge in [-0.2, -0.15) is 0 Å². The molecular formula is C10H10O3. The van der Waals surface area contributed by atoms with Crippen molar-refractivity contribution in [2.24, 2.45) is 17.8 Å². The van der Waals surface area contributed by atoms with Crippen LogP contribution in [0.15, 0.2) is 17.4 Å². The van der Waals surface area contributed by atoms with Crippen molar-refractivity contribution >= 4 is 11.8 Å². The van der Waals surface area contributed by atoms with E-state index in [0.29, 0.717) is 6.42 Å². The van der Waals surface area contributed by atoms with E-state index < -0.39 is 17.8 Å². The van der Waals surface area contributed by atoms with Gasteiger partial charge in [0.2, 0.25) is 0 Å². The van der Waals surface area contributed by atoms with E-state index in [9.17, 15) is 9.59 Å². The fourth-order valence-corrected chi connectivity index (χ4v) is 2.32. The van der Waals surface area contributed by atoms with E-state index in [1.54, 1.807) is 6.08 Å². The van der Waals surface area contributed by atoms with Crippen LogP contribution < -0.4 is 0 Å². The molecule has 2 rings (SSSR count). The Morgan fingerprint density at radius 3 is 2.77 bits per heavy atom. The van der Waals surface area contributed by atoms with Crippen LogP contribution in [-0.2, 0) is 9.59 Å². The summed E-state index contributed by atoms with van der Waals surface area (Å²) in [5, 5.41) is 8.94. The minimum Gasteiger partial charge on any atom is -0.481 e. The standard InChI is InChI=1S/C10H10O3/c1-5(11)8-6-2-3-7(4-6)9(8)10(12)13/h3,7-9H,4H2,1H3,(H,12,13). The molecule has 0 aromatic rings. The Hall–Kier alpha value is -1.34. The minimum atomic E-state index is -0.863. The molecule has 3 heteroatoms. The topological polar surface area (TPSA) is 54.4 Å². The molecule has 2 aliphatic carbocycles. The second-order valence-corrected chi connectivity index (χ2v) is 3.66. The maximum Gasteiger partial charge on any atom is 0.308 e. The highest BCUT2D eigenvalue weighted by atomic mass is 16.4. The number of carbonyl (C=O) groups excluding carboxylic acids is 1. The number of hydrogen-bond acceptors (Lipinski definition) is 2. The first-order chi connectivity index (χ1) is 6.11. The Morgan fingerprint density at radius 2 is 2.31 bits per heavy atom. The van der Waals surface area contributed by atoms with Crippen LogP contribution in [0.1, 0.15) is 13.3 Å². The number of aliphatic carboxylic acids is 1. The van der Waals surface area contributed by atoms with E-state index in [-0.39, 0.29) is 11.7 Å². The number of rotatable bonds is 2. The van der Waals surface area contributed by atoms with Crippen molar-refractivity contribution in [3.05, 3.63) is 17.4 Å². The molecule has 0 radical (unpaired) electrons. The fraction of sp³-hybridized carbons (Fsp3) is 0.500. The first-order valence-electron chi connectivity index (χ1n) is 4.30. The number of Topliss-reactive ketones (excluding diaryl/α,β-unsaturated/α-hetero) is 1. The number of fused-ring (bicyclic) bond motifs is 2. The number of allylic oxidation sites excluding steroid dienone is 1. The number of carboxylic acids is 1. The van der Waals surface area contributed by atoms with Crippen LogP contribution in [0.5, 0.6) is 0 Å². The lowest BCUT2D eigenvalue weighted by atomic mass is 9.84. The van der Waals surface area contributed by atoms with Crippen molar-refractivity contribution in [3.63, 3.8) is 0 Å². The predicted molar refractivity (Wildman–Crippen MR) is 45.0 cm³/mol. The molecule has 1 fully saturated rings. The van der Waals surface area contributed by atoms with E-state index in [1.807, 2.05) is 0 Å². The molecule has 3 unspecified atom stereocenters. The molecule has 2 bridgehead atoms. The smallest absolute Gasteiger partial charge is 0.308 e. The van der Waals surface area contributed by atoms with Crippen LogP contribution in [0.25, 0.3) is 0 Å². The highest BCUT2D eigenvalue weighted by molar-refractivity contribution is 5.89. The highest BCUT2D eigenvalue weighted by Gasteiger charge is 2.47. The Kier molecular flexibility index (Phi) is 1.64. The van der Waals surface area contributed by atoms with Gasteiger partial charge in [0.1, 0.15) is 5.78 Å². The van der Waals surface area contributed by atoms with Crippen LogP contribution in [0.4, 0.5) is 0 Å². The molecule has 13 heavy (non-hydrogen) atoms. The van der Waals surface area contributed by atoms with Crippen molar-refractivity contribution in [1.82, 2.24) is 0 Å².